The van der Waals surface area contributed by atoms with Crippen LogP contribution < -0.4 is 19.5 Å². The number of ether oxygens (including phenoxy) is 3. The van der Waals surface area contributed by atoms with Gasteiger partial charge in [-0.1, -0.05) is 48.5 Å². The van der Waals surface area contributed by atoms with Crippen molar-refractivity contribution in [1.82, 2.24) is 0 Å². The molecular formula is C27H29N2O4+. The fourth-order valence-corrected chi connectivity index (χ4v) is 5.10. The molecule has 2 atom stereocenters. The number of carbonyl (C=O) groups is 1. The molecule has 2 heterocycles. The molecule has 0 bridgehead atoms. The Morgan fingerprint density at radius 1 is 1.12 bits per heavy atom. The van der Waals surface area contributed by atoms with Crippen LogP contribution >= 0.6 is 0 Å². The summed E-state index contributed by atoms with van der Waals surface area (Å²) in [6, 6.07) is 19.7. The minimum absolute atomic E-state index is 0.0548. The number of carbonyl (C=O) groups excluding carboxylic acids is 1. The maximum Gasteiger partial charge on any atom is 0.287 e. The van der Waals surface area contributed by atoms with Crippen LogP contribution in [0.1, 0.15) is 28.3 Å². The van der Waals surface area contributed by atoms with E-state index in [0.29, 0.717) is 21.7 Å². The number of methoxy groups -OCH3 is 1. The van der Waals surface area contributed by atoms with Crippen LogP contribution in [0.15, 0.2) is 60.7 Å². The van der Waals surface area contributed by atoms with E-state index in [2.05, 4.69) is 24.5 Å². The first-order valence-corrected chi connectivity index (χ1v) is 11.2. The van der Waals surface area contributed by atoms with Gasteiger partial charge in [0.25, 0.3) is 5.91 Å². The number of amides is 1. The number of aryl methyl sites for hydroxylation is 1. The monoisotopic (exact) mass is 445 g/mol. The van der Waals surface area contributed by atoms with Crippen LogP contribution in [0.3, 0.4) is 0 Å². The number of nitrogens with one attached hydrogen (secondary N) is 1. The largest absolute Gasteiger partial charge is 0.492 e. The summed E-state index contributed by atoms with van der Waals surface area (Å²) in [5.74, 6) is 1.81. The third kappa shape index (κ3) is 3.80. The van der Waals surface area contributed by atoms with Gasteiger partial charge in [-0.25, -0.2) is 0 Å². The molecule has 2 aliphatic heterocycles. The summed E-state index contributed by atoms with van der Waals surface area (Å²) in [6.45, 7) is 3.70. The van der Waals surface area contributed by atoms with Crippen molar-refractivity contribution in [3.8, 4) is 17.2 Å². The lowest BCUT2D eigenvalue weighted by Crippen LogP contribution is -2.54. The number of likely N-dealkylation sites (N-methyl/N-ethyl adjacent to an activating group) is 1. The summed E-state index contributed by atoms with van der Waals surface area (Å²) in [5, 5.41) is 3.20. The number of quaternary nitrogens is 1. The lowest BCUT2D eigenvalue weighted by molar-refractivity contribution is -0.944. The Morgan fingerprint density at radius 2 is 1.88 bits per heavy atom. The van der Waals surface area contributed by atoms with Crippen LogP contribution in [0.25, 0.3) is 0 Å². The lowest BCUT2D eigenvalue weighted by atomic mass is 9.87. The fraction of sp³-hybridized carbons (Fsp3) is 0.296. The molecule has 33 heavy (non-hydrogen) atoms. The number of hydrogen-bond donors (Lipinski definition) is 1. The maximum atomic E-state index is 14.0. The van der Waals surface area contributed by atoms with E-state index in [0.717, 1.165) is 41.9 Å². The number of fused-ring (bicyclic) bond motifs is 2. The van der Waals surface area contributed by atoms with E-state index in [1.807, 2.05) is 55.5 Å². The number of rotatable bonds is 5. The molecule has 0 spiro atoms. The molecule has 3 aromatic rings. The van der Waals surface area contributed by atoms with E-state index in [1.165, 1.54) is 5.56 Å². The number of nitrogens with zero attached hydrogens (tertiary/aromatic N) is 1. The average Bonchev–Trinajstić information content (AvgIpc) is 3.28. The second kappa shape index (κ2) is 8.45. The van der Waals surface area contributed by atoms with Crippen LogP contribution in [0.4, 0.5) is 5.69 Å². The molecule has 1 amide bonds. The van der Waals surface area contributed by atoms with Crippen molar-refractivity contribution in [2.75, 3.05) is 32.8 Å². The average molecular weight is 446 g/mol. The zero-order valence-electron chi connectivity index (χ0n) is 19.3. The molecule has 0 saturated heterocycles. The highest BCUT2D eigenvalue weighted by molar-refractivity contribution is 5.96. The van der Waals surface area contributed by atoms with Gasteiger partial charge in [0.05, 0.1) is 26.3 Å². The van der Waals surface area contributed by atoms with E-state index in [1.54, 1.807) is 7.11 Å². The molecule has 0 fully saturated rings. The van der Waals surface area contributed by atoms with Crippen LogP contribution in [0.5, 0.6) is 17.2 Å². The van der Waals surface area contributed by atoms with Gasteiger partial charge >= 0.3 is 0 Å². The molecule has 0 saturated carbocycles. The van der Waals surface area contributed by atoms with Crippen LogP contribution in [0.2, 0.25) is 0 Å². The molecule has 2 aliphatic rings. The van der Waals surface area contributed by atoms with Crippen LogP contribution in [-0.2, 0) is 17.8 Å². The van der Waals surface area contributed by atoms with E-state index < -0.39 is 6.04 Å². The lowest BCUT2D eigenvalue weighted by Gasteiger charge is -2.45. The molecule has 1 N–H and O–H groups in total. The quantitative estimate of drug-likeness (QED) is 0.583. The first-order valence-electron chi connectivity index (χ1n) is 11.2. The summed E-state index contributed by atoms with van der Waals surface area (Å²) >= 11 is 0. The van der Waals surface area contributed by atoms with Crippen molar-refractivity contribution < 1.29 is 23.5 Å². The standard InChI is InChI=1S/C27H28N2O4/c1-18-9-7-8-12-21(18)28-27(30)24-23-20(15-22-25(26(23)31-3)33-17-32-22)13-14-29(24,2)16-19-10-5-4-6-11-19/h4-12,15,24H,13-14,16-17H2,1-3H3/p+1/t24-,29-/m0/s1. The van der Waals surface area contributed by atoms with E-state index >= 15 is 0 Å². The Balaban J connectivity index is 1.63. The second-order valence-electron chi connectivity index (χ2n) is 9.02. The normalized spacial score (nSPS) is 20.8. The predicted molar refractivity (Wildman–Crippen MR) is 127 cm³/mol. The van der Waals surface area contributed by atoms with Crippen molar-refractivity contribution in [2.45, 2.75) is 25.9 Å². The highest BCUT2D eigenvalue weighted by Gasteiger charge is 2.47. The van der Waals surface area contributed by atoms with E-state index in [9.17, 15) is 4.79 Å². The third-order valence-corrected chi connectivity index (χ3v) is 6.77. The van der Waals surface area contributed by atoms with Gasteiger partial charge in [0.15, 0.2) is 17.5 Å². The molecule has 0 radical (unpaired) electrons. The van der Waals surface area contributed by atoms with Crippen molar-refractivity contribution in [3.05, 3.63) is 82.9 Å². The van der Waals surface area contributed by atoms with Crippen molar-refractivity contribution in [1.29, 1.82) is 0 Å². The Morgan fingerprint density at radius 3 is 2.64 bits per heavy atom. The van der Waals surface area contributed by atoms with Gasteiger partial charge < -0.3 is 24.0 Å². The predicted octanol–water partition coefficient (Wildman–Crippen LogP) is 4.62. The number of para-hydroxylation sites is 1. The van der Waals surface area contributed by atoms with E-state index in [-0.39, 0.29) is 12.7 Å². The summed E-state index contributed by atoms with van der Waals surface area (Å²) in [7, 11) is 3.78. The zero-order chi connectivity index (χ0) is 23.0. The molecule has 170 valence electrons. The molecule has 0 aromatic heterocycles. The first kappa shape index (κ1) is 21.3. The molecule has 0 unspecified atom stereocenters. The number of anilines is 1. The van der Waals surface area contributed by atoms with Gasteiger partial charge in [-0.15, -0.1) is 0 Å². The zero-order valence-corrected chi connectivity index (χ0v) is 19.3. The highest BCUT2D eigenvalue weighted by atomic mass is 16.7. The molecule has 3 aromatic carbocycles. The summed E-state index contributed by atoms with van der Waals surface area (Å²) in [5.41, 5.74) is 5.00. The van der Waals surface area contributed by atoms with E-state index in [4.69, 9.17) is 14.2 Å². The molecule has 5 rings (SSSR count). The van der Waals surface area contributed by atoms with Gasteiger partial charge in [0.1, 0.15) is 6.54 Å². The SMILES string of the molecule is COc1c2c(cc3c1[C@@H](C(=O)Nc1ccccc1C)[N@+](C)(Cc1ccccc1)CC3)OCO2. The van der Waals surface area contributed by atoms with Gasteiger partial charge in [0.2, 0.25) is 12.5 Å². The first-order chi connectivity index (χ1) is 16.0. The molecular weight excluding hydrogens is 416 g/mol. The fourth-order valence-electron chi connectivity index (χ4n) is 5.10. The summed E-state index contributed by atoms with van der Waals surface area (Å²) in [4.78, 5) is 14.0. The molecule has 6 nitrogen and oxygen atoms in total. The van der Waals surface area contributed by atoms with Crippen LogP contribution in [0, 0.1) is 6.92 Å². The Hall–Kier alpha value is -3.51. The van der Waals surface area contributed by atoms with Crippen LogP contribution in [-0.4, -0.2) is 37.9 Å². The minimum Gasteiger partial charge on any atom is -0.492 e. The van der Waals surface area contributed by atoms with Gasteiger partial charge in [-0.05, 0) is 30.2 Å². The smallest absolute Gasteiger partial charge is 0.287 e. The summed E-state index contributed by atoms with van der Waals surface area (Å²) in [6.07, 6.45) is 0.819. The van der Waals surface area contributed by atoms with Gasteiger partial charge in [0, 0.05) is 17.7 Å². The van der Waals surface area contributed by atoms with Crippen molar-refractivity contribution >= 4 is 11.6 Å². The third-order valence-electron chi connectivity index (χ3n) is 6.77. The highest BCUT2D eigenvalue weighted by Crippen LogP contribution is 2.51. The van der Waals surface area contributed by atoms with Crippen molar-refractivity contribution in [2.24, 2.45) is 0 Å². The second-order valence-corrected chi connectivity index (χ2v) is 9.02. The topological polar surface area (TPSA) is 56.8 Å². The molecule has 6 heteroatoms. The Kier molecular flexibility index (Phi) is 5.46. The Bertz CT molecular complexity index is 1190. The maximum absolute atomic E-state index is 14.0. The molecule has 0 aliphatic carbocycles. The summed E-state index contributed by atoms with van der Waals surface area (Å²) < 4.78 is 17.8. The van der Waals surface area contributed by atoms with Gasteiger partial charge in [-0.2, -0.15) is 0 Å². The van der Waals surface area contributed by atoms with Crippen molar-refractivity contribution in [3.63, 3.8) is 0 Å². The van der Waals surface area contributed by atoms with Gasteiger partial charge in [-0.3, -0.25) is 4.79 Å². The minimum atomic E-state index is -0.474. The number of benzene rings is 3. The number of hydrogen-bond acceptors (Lipinski definition) is 4. The Labute approximate surface area is 194 Å².